The molecule has 0 amide bonds. The predicted molar refractivity (Wildman–Crippen MR) is 35.1 cm³/mol. The van der Waals surface area contributed by atoms with Crippen LogP contribution in [0.25, 0.3) is 0 Å². The minimum atomic E-state index is 0.562. The van der Waals surface area contributed by atoms with Crippen LogP contribution in [0.5, 0.6) is 0 Å². The molecule has 0 aliphatic heterocycles. The van der Waals surface area contributed by atoms with E-state index in [0.29, 0.717) is 5.82 Å². The van der Waals surface area contributed by atoms with Gasteiger partial charge in [-0.1, -0.05) is 12.1 Å². The third-order valence-corrected chi connectivity index (χ3v) is 1.06. The first-order valence-corrected chi connectivity index (χ1v) is 2.79. The highest BCUT2D eigenvalue weighted by molar-refractivity contribution is 5.38. The van der Waals surface area contributed by atoms with Crippen LogP contribution in [0.1, 0.15) is 12.7 Å². The number of aryl methyl sites for hydroxylation is 1. The van der Waals surface area contributed by atoms with Crippen LogP contribution in [-0.4, -0.2) is 11.9 Å². The molecule has 1 rings (SSSR count). The van der Waals surface area contributed by atoms with Gasteiger partial charge in [0, 0.05) is 12.5 Å². The molecule has 0 bridgehead atoms. The number of aromatic nitrogens is 1. The summed E-state index contributed by atoms with van der Waals surface area (Å²) in [6.45, 7) is 5.30. The van der Waals surface area contributed by atoms with Gasteiger partial charge in [-0.05, 0) is 6.72 Å². The Labute approximate surface area is 53.4 Å². The molecular formula is C6H8N2O. The lowest BCUT2D eigenvalue weighted by Crippen LogP contribution is -1.67. The Balaban J connectivity index is 2.86. The monoisotopic (exact) mass is 124 g/mol. The number of nitrogens with zero attached hydrogens (tertiary/aromatic N) is 2. The molecule has 0 spiro atoms. The van der Waals surface area contributed by atoms with Crippen molar-refractivity contribution < 1.29 is 4.52 Å². The molecule has 0 radical (unpaired) electrons. The fourth-order valence-corrected chi connectivity index (χ4v) is 0.543. The lowest BCUT2D eigenvalue weighted by atomic mass is 10.4. The minimum absolute atomic E-state index is 0.562. The van der Waals surface area contributed by atoms with Crippen LogP contribution in [0, 0.1) is 0 Å². The first-order chi connectivity index (χ1) is 4.36. The number of rotatable bonds is 2. The van der Waals surface area contributed by atoms with Crippen molar-refractivity contribution in [2.75, 3.05) is 0 Å². The lowest BCUT2D eigenvalue weighted by molar-refractivity contribution is 0.388. The van der Waals surface area contributed by atoms with Crippen LogP contribution in [0.2, 0.25) is 0 Å². The summed E-state index contributed by atoms with van der Waals surface area (Å²) >= 11 is 0. The Morgan fingerprint density at radius 3 is 3.00 bits per heavy atom. The number of aliphatic imine (C=N–C) groups is 1. The Hall–Kier alpha value is -1.12. The zero-order chi connectivity index (χ0) is 6.69. The molecule has 3 heteroatoms. The van der Waals surface area contributed by atoms with Crippen molar-refractivity contribution in [3.8, 4) is 0 Å². The van der Waals surface area contributed by atoms with Crippen LogP contribution in [-0.2, 0) is 6.42 Å². The van der Waals surface area contributed by atoms with Crippen LogP contribution < -0.4 is 0 Å². The van der Waals surface area contributed by atoms with E-state index in [1.807, 2.05) is 6.92 Å². The van der Waals surface area contributed by atoms with Crippen molar-refractivity contribution in [1.82, 2.24) is 5.16 Å². The normalized spacial score (nSPS) is 9.44. The maximum Gasteiger partial charge on any atom is 0.194 e. The molecule has 0 atom stereocenters. The SMILES string of the molecule is C=Nc1cc(CC)on1. The molecule has 0 aliphatic rings. The van der Waals surface area contributed by atoms with E-state index in [1.165, 1.54) is 0 Å². The van der Waals surface area contributed by atoms with Gasteiger partial charge in [-0.3, -0.25) is 0 Å². The first-order valence-electron chi connectivity index (χ1n) is 2.79. The van der Waals surface area contributed by atoms with E-state index >= 15 is 0 Å². The van der Waals surface area contributed by atoms with Gasteiger partial charge in [0.25, 0.3) is 0 Å². The molecule has 0 unspecified atom stereocenters. The minimum Gasteiger partial charge on any atom is -0.359 e. The van der Waals surface area contributed by atoms with Gasteiger partial charge in [0.15, 0.2) is 5.82 Å². The van der Waals surface area contributed by atoms with E-state index in [1.54, 1.807) is 6.07 Å². The summed E-state index contributed by atoms with van der Waals surface area (Å²) in [4.78, 5) is 3.58. The highest BCUT2D eigenvalue weighted by atomic mass is 16.5. The first kappa shape index (κ1) is 6.01. The lowest BCUT2D eigenvalue weighted by Gasteiger charge is -1.76. The van der Waals surface area contributed by atoms with E-state index in [4.69, 9.17) is 4.52 Å². The summed E-state index contributed by atoms with van der Waals surface area (Å²) in [5.41, 5.74) is 0. The van der Waals surface area contributed by atoms with Crippen molar-refractivity contribution in [3.05, 3.63) is 11.8 Å². The molecule has 0 N–H and O–H groups in total. The fraction of sp³-hybridized carbons (Fsp3) is 0.333. The zero-order valence-corrected chi connectivity index (χ0v) is 5.29. The van der Waals surface area contributed by atoms with Gasteiger partial charge in [0.05, 0.1) is 0 Å². The van der Waals surface area contributed by atoms with E-state index in [9.17, 15) is 0 Å². The van der Waals surface area contributed by atoms with Gasteiger partial charge in [-0.25, -0.2) is 4.99 Å². The predicted octanol–water partition coefficient (Wildman–Crippen LogP) is 1.57. The molecule has 3 nitrogen and oxygen atoms in total. The second kappa shape index (κ2) is 2.44. The Bertz CT molecular complexity index is 205. The average molecular weight is 124 g/mol. The maximum absolute atomic E-state index is 4.82. The molecule has 0 aliphatic carbocycles. The van der Waals surface area contributed by atoms with Gasteiger partial charge in [-0.15, -0.1) is 0 Å². The van der Waals surface area contributed by atoms with Crippen molar-refractivity contribution in [2.45, 2.75) is 13.3 Å². The second-order valence-corrected chi connectivity index (χ2v) is 1.66. The van der Waals surface area contributed by atoms with E-state index in [-0.39, 0.29) is 0 Å². The highest BCUT2D eigenvalue weighted by Crippen LogP contribution is 2.10. The van der Waals surface area contributed by atoms with E-state index in [0.717, 1.165) is 12.2 Å². The average Bonchev–Trinajstić information content (AvgIpc) is 2.34. The van der Waals surface area contributed by atoms with Gasteiger partial charge in [0.1, 0.15) is 5.76 Å². The van der Waals surface area contributed by atoms with Crippen LogP contribution in [0.15, 0.2) is 15.6 Å². The molecular weight excluding hydrogens is 116 g/mol. The largest absolute Gasteiger partial charge is 0.359 e. The van der Waals surface area contributed by atoms with E-state index < -0.39 is 0 Å². The summed E-state index contributed by atoms with van der Waals surface area (Å²) in [7, 11) is 0. The second-order valence-electron chi connectivity index (χ2n) is 1.66. The Morgan fingerprint density at radius 1 is 1.89 bits per heavy atom. The number of hydrogen-bond acceptors (Lipinski definition) is 3. The maximum atomic E-state index is 4.82. The fourth-order valence-electron chi connectivity index (χ4n) is 0.543. The van der Waals surface area contributed by atoms with Gasteiger partial charge >= 0.3 is 0 Å². The molecule has 9 heavy (non-hydrogen) atoms. The molecule has 0 aromatic carbocycles. The van der Waals surface area contributed by atoms with Crippen molar-refractivity contribution in [1.29, 1.82) is 0 Å². The smallest absolute Gasteiger partial charge is 0.194 e. The van der Waals surface area contributed by atoms with E-state index in [2.05, 4.69) is 16.9 Å². The third-order valence-electron chi connectivity index (χ3n) is 1.06. The summed E-state index contributed by atoms with van der Waals surface area (Å²) in [6.07, 6.45) is 0.850. The molecule has 0 fully saturated rings. The van der Waals surface area contributed by atoms with Gasteiger partial charge < -0.3 is 4.52 Å². The molecule has 1 aromatic heterocycles. The molecule has 1 heterocycles. The van der Waals surface area contributed by atoms with Gasteiger partial charge in [0.2, 0.25) is 0 Å². The highest BCUT2D eigenvalue weighted by Gasteiger charge is 1.96. The third kappa shape index (κ3) is 1.16. The summed E-state index contributed by atoms with van der Waals surface area (Å²) < 4.78 is 4.82. The number of hydrogen-bond donors (Lipinski definition) is 0. The molecule has 48 valence electrons. The van der Waals surface area contributed by atoms with Gasteiger partial charge in [-0.2, -0.15) is 0 Å². The van der Waals surface area contributed by atoms with Crippen LogP contribution in [0.3, 0.4) is 0 Å². The van der Waals surface area contributed by atoms with Crippen LogP contribution in [0.4, 0.5) is 5.82 Å². The van der Waals surface area contributed by atoms with Crippen molar-refractivity contribution in [2.24, 2.45) is 4.99 Å². The topological polar surface area (TPSA) is 38.4 Å². The summed E-state index contributed by atoms with van der Waals surface area (Å²) in [5.74, 6) is 1.41. The summed E-state index contributed by atoms with van der Waals surface area (Å²) in [6, 6.07) is 1.77. The molecule has 1 aromatic rings. The Morgan fingerprint density at radius 2 is 2.67 bits per heavy atom. The zero-order valence-electron chi connectivity index (χ0n) is 5.29. The van der Waals surface area contributed by atoms with Crippen molar-refractivity contribution in [3.63, 3.8) is 0 Å². The van der Waals surface area contributed by atoms with Crippen molar-refractivity contribution >= 4 is 12.5 Å². The summed E-state index contributed by atoms with van der Waals surface area (Å²) in [5, 5.41) is 3.60. The quantitative estimate of drug-likeness (QED) is 0.561. The Kier molecular flexibility index (Phi) is 1.63. The standard InChI is InChI=1S/C6H8N2O/c1-3-5-4-6(7-2)8-9-5/h4H,2-3H2,1H3. The van der Waals surface area contributed by atoms with Crippen LogP contribution >= 0.6 is 0 Å². The molecule has 0 saturated carbocycles. The molecule has 0 saturated heterocycles.